The lowest BCUT2D eigenvalue weighted by Crippen LogP contribution is -2.37. The molecule has 1 fully saturated rings. The first-order chi connectivity index (χ1) is 12.2. The molecular weight excluding hydrogens is 356 g/mol. The van der Waals surface area contributed by atoms with Gasteiger partial charge in [0.05, 0.1) is 11.3 Å². The molecule has 0 radical (unpaired) electrons. The Balaban J connectivity index is 1.77. The van der Waals surface area contributed by atoms with Gasteiger partial charge in [-0.25, -0.2) is 13.1 Å². The summed E-state index contributed by atoms with van der Waals surface area (Å²) in [5.41, 5.74) is 1.05. The van der Waals surface area contributed by atoms with Gasteiger partial charge in [-0.15, -0.1) is 0 Å². The maximum Gasteiger partial charge on any atom is 0.307 e. The highest BCUT2D eigenvalue weighted by Crippen LogP contribution is 2.19. The largest absolute Gasteiger partial charge is 0.453 e. The third-order valence-corrected chi connectivity index (χ3v) is 5.56. The molecule has 2 N–H and O–H groups in total. The standard InChI is InChI=1S/C18H26N2O5S/c1-12(2)14-4-8-16(9-5-14)26(23,24)19-11-10-17(21)25-13(3)18(22)20-15-6-7-15/h4-5,8-9,12-13,15,19H,6-7,10-11H2,1-3H3,(H,20,22)/t13-/m0/s1. The molecule has 1 aromatic carbocycles. The molecule has 1 atom stereocenters. The Morgan fingerprint density at radius 3 is 2.31 bits per heavy atom. The van der Waals surface area contributed by atoms with Crippen molar-refractivity contribution in [3.63, 3.8) is 0 Å². The Kier molecular flexibility index (Phi) is 6.77. The van der Waals surface area contributed by atoms with Gasteiger partial charge in [0.15, 0.2) is 6.10 Å². The summed E-state index contributed by atoms with van der Waals surface area (Å²) in [6.07, 6.45) is 0.867. The summed E-state index contributed by atoms with van der Waals surface area (Å²) in [6, 6.07) is 6.82. The van der Waals surface area contributed by atoms with E-state index in [1.54, 1.807) is 24.3 Å². The lowest BCUT2D eigenvalue weighted by atomic mass is 10.0. The zero-order valence-corrected chi connectivity index (χ0v) is 16.1. The number of sulfonamides is 1. The SMILES string of the molecule is CC(C)c1ccc(S(=O)(=O)NCCC(=O)O[C@@H](C)C(=O)NC2CC2)cc1. The highest BCUT2D eigenvalue weighted by molar-refractivity contribution is 7.89. The predicted octanol–water partition coefficient (Wildman–Crippen LogP) is 1.69. The van der Waals surface area contributed by atoms with Gasteiger partial charge < -0.3 is 10.1 Å². The summed E-state index contributed by atoms with van der Waals surface area (Å²) in [5, 5.41) is 2.75. The first kappa shape index (κ1) is 20.4. The lowest BCUT2D eigenvalue weighted by molar-refractivity contribution is -0.154. The Labute approximate surface area is 154 Å². The smallest absolute Gasteiger partial charge is 0.307 e. The average molecular weight is 382 g/mol. The molecule has 0 heterocycles. The third kappa shape index (κ3) is 6.10. The molecule has 1 aliphatic carbocycles. The molecule has 7 nitrogen and oxygen atoms in total. The number of carbonyl (C=O) groups excluding carboxylic acids is 2. The normalized spacial score (nSPS) is 15.5. The first-order valence-electron chi connectivity index (χ1n) is 8.78. The summed E-state index contributed by atoms with van der Waals surface area (Å²) in [7, 11) is -3.69. The highest BCUT2D eigenvalue weighted by atomic mass is 32.2. The van der Waals surface area contributed by atoms with Crippen LogP contribution in [0.25, 0.3) is 0 Å². The highest BCUT2D eigenvalue weighted by Gasteiger charge is 2.27. The van der Waals surface area contributed by atoms with E-state index in [0.29, 0.717) is 5.92 Å². The van der Waals surface area contributed by atoms with Crippen molar-refractivity contribution in [1.82, 2.24) is 10.0 Å². The molecule has 2 rings (SSSR count). The minimum absolute atomic E-state index is 0.0932. The van der Waals surface area contributed by atoms with E-state index in [-0.39, 0.29) is 29.8 Å². The second-order valence-electron chi connectivity index (χ2n) is 6.79. The summed E-state index contributed by atoms with van der Waals surface area (Å²) in [4.78, 5) is 23.6. The fourth-order valence-electron chi connectivity index (χ4n) is 2.26. The molecule has 1 aromatic rings. The molecule has 8 heteroatoms. The fourth-order valence-corrected chi connectivity index (χ4v) is 3.29. The van der Waals surface area contributed by atoms with Crippen molar-refractivity contribution < 1.29 is 22.7 Å². The van der Waals surface area contributed by atoms with Gasteiger partial charge in [0.2, 0.25) is 10.0 Å². The molecule has 0 aromatic heterocycles. The summed E-state index contributed by atoms with van der Waals surface area (Å²) >= 11 is 0. The van der Waals surface area contributed by atoms with Crippen molar-refractivity contribution in [3.05, 3.63) is 29.8 Å². The van der Waals surface area contributed by atoms with Gasteiger partial charge >= 0.3 is 5.97 Å². The molecule has 26 heavy (non-hydrogen) atoms. The van der Waals surface area contributed by atoms with Gasteiger partial charge in [0.1, 0.15) is 0 Å². The Morgan fingerprint density at radius 2 is 1.77 bits per heavy atom. The molecule has 0 aliphatic heterocycles. The van der Waals surface area contributed by atoms with Crippen molar-refractivity contribution in [2.24, 2.45) is 0 Å². The quantitative estimate of drug-likeness (QED) is 0.633. The van der Waals surface area contributed by atoms with E-state index in [1.807, 2.05) is 13.8 Å². The van der Waals surface area contributed by atoms with E-state index >= 15 is 0 Å². The van der Waals surface area contributed by atoms with Crippen LogP contribution >= 0.6 is 0 Å². The molecule has 0 unspecified atom stereocenters. The van der Waals surface area contributed by atoms with Crippen LogP contribution in [-0.2, 0) is 24.3 Å². The number of esters is 1. The van der Waals surface area contributed by atoms with Crippen LogP contribution in [0.2, 0.25) is 0 Å². The fraction of sp³-hybridized carbons (Fsp3) is 0.556. The van der Waals surface area contributed by atoms with E-state index < -0.39 is 22.1 Å². The summed E-state index contributed by atoms with van der Waals surface area (Å²) < 4.78 is 31.8. The maximum atomic E-state index is 12.2. The monoisotopic (exact) mass is 382 g/mol. The van der Waals surface area contributed by atoms with Crippen LogP contribution in [0.4, 0.5) is 0 Å². The Bertz CT molecular complexity index is 739. The van der Waals surface area contributed by atoms with Crippen LogP contribution in [-0.4, -0.2) is 39.0 Å². The van der Waals surface area contributed by atoms with E-state index in [2.05, 4.69) is 10.0 Å². The lowest BCUT2D eigenvalue weighted by Gasteiger charge is -2.13. The van der Waals surface area contributed by atoms with Crippen molar-refractivity contribution in [1.29, 1.82) is 0 Å². The predicted molar refractivity (Wildman–Crippen MR) is 97.1 cm³/mol. The van der Waals surface area contributed by atoms with Gasteiger partial charge in [-0.3, -0.25) is 9.59 Å². The van der Waals surface area contributed by atoms with E-state index in [4.69, 9.17) is 4.74 Å². The van der Waals surface area contributed by atoms with Gasteiger partial charge in [-0.2, -0.15) is 0 Å². The molecule has 0 saturated heterocycles. The topological polar surface area (TPSA) is 102 Å². The van der Waals surface area contributed by atoms with Crippen molar-refractivity contribution in [2.45, 2.75) is 63.0 Å². The number of hydrogen-bond donors (Lipinski definition) is 2. The summed E-state index contributed by atoms with van der Waals surface area (Å²) in [5.74, 6) is -0.637. The van der Waals surface area contributed by atoms with Crippen LogP contribution < -0.4 is 10.0 Å². The van der Waals surface area contributed by atoms with Gasteiger partial charge in [0, 0.05) is 12.6 Å². The molecule has 0 spiro atoms. The Morgan fingerprint density at radius 1 is 1.15 bits per heavy atom. The van der Waals surface area contributed by atoms with Crippen LogP contribution in [0.5, 0.6) is 0 Å². The van der Waals surface area contributed by atoms with Gasteiger partial charge in [0.25, 0.3) is 5.91 Å². The zero-order valence-electron chi connectivity index (χ0n) is 15.3. The van der Waals surface area contributed by atoms with Gasteiger partial charge in [-0.05, 0) is 43.4 Å². The number of nitrogens with one attached hydrogen (secondary N) is 2. The Hall–Kier alpha value is -1.93. The molecular formula is C18H26N2O5S. The molecule has 1 amide bonds. The third-order valence-electron chi connectivity index (χ3n) is 4.08. The number of hydrogen-bond acceptors (Lipinski definition) is 5. The number of carbonyl (C=O) groups is 2. The molecule has 1 aliphatic rings. The van der Waals surface area contributed by atoms with E-state index in [0.717, 1.165) is 18.4 Å². The maximum absolute atomic E-state index is 12.2. The minimum Gasteiger partial charge on any atom is -0.453 e. The number of amides is 1. The summed E-state index contributed by atoms with van der Waals surface area (Å²) in [6.45, 7) is 5.46. The van der Waals surface area contributed by atoms with Crippen LogP contribution in [0.1, 0.15) is 51.5 Å². The number of benzene rings is 1. The second-order valence-corrected chi connectivity index (χ2v) is 8.55. The number of rotatable bonds is 9. The van der Waals surface area contributed by atoms with Crippen molar-refractivity contribution in [2.75, 3.05) is 6.54 Å². The number of ether oxygens (including phenoxy) is 1. The first-order valence-corrected chi connectivity index (χ1v) is 10.3. The second kappa shape index (κ2) is 8.64. The van der Waals surface area contributed by atoms with Crippen LogP contribution in [0.3, 0.4) is 0 Å². The van der Waals surface area contributed by atoms with E-state index in [9.17, 15) is 18.0 Å². The molecule has 1 saturated carbocycles. The van der Waals surface area contributed by atoms with Crippen LogP contribution in [0.15, 0.2) is 29.2 Å². The van der Waals surface area contributed by atoms with E-state index in [1.165, 1.54) is 6.92 Å². The zero-order chi connectivity index (χ0) is 19.3. The molecule has 144 valence electrons. The minimum atomic E-state index is -3.69. The van der Waals surface area contributed by atoms with Gasteiger partial charge in [-0.1, -0.05) is 26.0 Å². The average Bonchev–Trinajstić information content (AvgIpc) is 3.38. The van der Waals surface area contributed by atoms with Crippen molar-refractivity contribution in [3.8, 4) is 0 Å². The van der Waals surface area contributed by atoms with Crippen LogP contribution in [0, 0.1) is 0 Å². The van der Waals surface area contributed by atoms with Crippen molar-refractivity contribution >= 4 is 21.9 Å². The molecule has 0 bridgehead atoms.